The number of rotatable bonds is 4. The van der Waals surface area contributed by atoms with E-state index in [1.807, 2.05) is 19.1 Å². The van der Waals surface area contributed by atoms with Gasteiger partial charge >= 0.3 is 0 Å². The van der Waals surface area contributed by atoms with Crippen LogP contribution in [0, 0.1) is 6.92 Å². The minimum atomic E-state index is -3.35. The summed E-state index contributed by atoms with van der Waals surface area (Å²) in [5.74, 6) is 0. The van der Waals surface area contributed by atoms with Crippen LogP contribution in [0.4, 0.5) is 0 Å². The van der Waals surface area contributed by atoms with E-state index < -0.39 is 10.0 Å². The van der Waals surface area contributed by atoms with Crippen molar-refractivity contribution in [3.8, 4) is 0 Å². The summed E-state index contributed by atoms with van der Waals surface area (Å²) in [6.45, 7) is 7.71. The van der Waals surface area contributed by atoms with Gasteiger partial charge in [-0.25, -0.2) is 8.42 Å². The van der Waals surface area contributed by atoms with E-state index in [0.29, 0.717) is 24.0 Å². The first-order chi connectivity index (χ1) is 11.5. The van der Waals surface area contributed by atoms with Crippen molar-refractivity contribution in [1.82, 2.24) is 14.1 Å². The maximum atomic E-state index is 12.8. The van der Waals surface area contributed by atoms with Gasteiger partial charge in [0.1, 0.15) is 0 Å². The second-order valence-electron chi connectivity index (χ2n) is 7.42. The van der Waals surface area contributed by atoms with E-state index >= 15 is 0 Å². The summed E-state index contributed by atoms with van der Waals surface area (Å²) < 4.78 is 27.3. The maximum absolute atomic E-state index is 12.8. The van der Waals surface area contributed by atoms with E-state index in [0.717, 1.165) is 44.2 Å². The Labute approximate surface area is 145 Å². The number of hydrogen-bond donors (Lipinski definition) is 0. The standard InChI is InChI=1S/C18H27N3O2S/c1-15-2-6-18(7-3-15)24(22,23)21-9-8-17(14-21)20-12-10-19(11-13-20)16-4-5-16/h2-3,6-7,16-17H,4-5,8-14H2,1H3/t17-/m0/s1. The highest BCUT2D eigenvalue weighted by Crippen LogP contribution is 2.29. The summed E-state index contributed by atoms with van der Waals surface area (Å²) in [4.78, 5) is 5.53. The molecule has 0 spiro atoms. The molecule has 1 saturated carbocycles. The van der Waals surface area contributed by atoms with Crippen molar-refractivity contribution in [2.45, 2.75) is 43.2 Å². The average molecular weight is 350 g/mol. The van der Waals surface area contributed by atoms with Gasteiger partial charge < -0.3 is 0 Å². The zero-order valence-corrected chi connectivity index (χ0v) is 15.2. The third-order valence-electron chi connectivity index (χ3n) is 5.71. The van der Waals surface area contributed by atoms with Crippen LogP contribution in [-0.4, -0.2) is 73.9 Å². The lowest BCUT2D eigenvalue weighted by atomic mass is 10.2. The Morgan fingerprint density at radius 2 is 1.42 bits per heavy atom. The van der Waals surface area contributed by atoms with E-state index in [1.54, 1.807) is 16.4 Å². The van der Waals surface area contributed by atoms with E-state index in [4.69, 9.17) is 0 Å². The fourth-order valence-electron chi connectivity index (χ4n) is 3.99. The van der Waals surface area contributed by atoms with Crippen molar-refractivity contribution in [2.75, 3.05) is 39.3 Å². The summed E-state index contributed by atoms with van der Waals surface area (Å²) in [7, 11) is -3.35. The van der Waals surface area contributed by atoms with Crippen molar-refractivity contribution >= 4 is 10.0 Å². The highest BCUT2D eigenvalue weighted by Gasteiger charge is 2.38. The summed E-state index contributed by atoms with van der Waals surface area (Å²) in [6, 6.07) is 8.43. The van der Waals surface area contributed by atoms with Crippen LogP contribution in [0.5, 0.6) is 0 Å². The fourth-order valence-corrected chi connectivity index (χ4v) is 5.49. The molecule has 0 amide bonds. The predicted molar refractivity (Wildman–Crippen MR) is 94.5 cm³/mol. The number of sulfonamides is 1. The summed E-state index contributed by atoms with van der Waals surface area (Å²) in [5, 5.41) is 0. The van der Waals surface area contributed by atoms with E-state index in [9.17, 15) is 8.42 Å². The number of hydrogen-bond acceptors (Lipinski definition) is 4. The van der Waals surface area contributed by atoms with Gasteiger partial charge in [0.05, 0.1) is 4.90 Å². The highest BCUT2D eigenvalue weighted by atomic mass is 32.2. The molecular weight excluding hydrogens is 322 g/mol. The highest BCUT2D eigenvalue weighted by molar-refractivity contribution is 7.89. The van der Waals surface area contributed by atoms with Crippen molar-refractivity contribution in [1.29, 1.82) is 0 Å². The molecule has 0 radical (unpaired) electrons. The summed E-state index contributed by atoms with van der Waals surface area (Å²) in [6.07, 6.45) is 3.69. The van der Waals surface area contributed by atoms with Crippen LogP contribution >= 0.6 is 0 Å². The molecule has 1 atom stereocenters. The Morgan fingerprint density at radius 1 is 0.833 bits per heavy atom. The number of piperazine rings is 1. The monoisotopic (exact) mass is 349 g/mol. The predicted octanol–water partition coefficient (Wildman–Crippen LogP) is 1.54. The molecule has 6 heteroatoms. The largest absolute Gasteiger partial charge is 0.298 e. The van der Waals surface area contributed by atoms with Gasteiger partial charge in [0.2, 0.25) is 10.0 Å². The molecule has 2 saturated heterocycles. The molecule has 1 aromatic rings. The van der Waals surface area contributed by atoms with Crippen LogP contribution < -0.4 is 0 Å². The normalized spacial score (nSPS) is 27.6. The molecule has 0 aromatic heterocycles. The second-order valence-corrected chi connectivity index (χ2v) is 9.36. The zero-order chi connectivity index (χ0) is 16.7. The van der Waals surface area contributed by atoms with Gasteiger partial charge in [-0.2, -0.15) is 4.31 Å². The lowest BCUT2D eigenvalue weighted by Crippen LogP contribution is -2.51. The first-order valence-corrected chi connectivity index (χ1v) is 10.5. The maximum Gasteiger partial charge on any atom is 0.243 e. The molecule has 1 aliphatic carbocycles. The minimum Gasteiger partial charge on any atom is -0.298 e. The quantitative estimate of drug-likeness (QED) is 0.827. The molecule has 132 valence electrons. The number of benzene rings is 1. The minimum absolute atomic E-state index is 0.381. The smallest absolute Gasteiger partial charge is 0.243 e. The number of nitrogens with zero attached hydrogens (tertiary/aromatic N) is 3. The fraction of sp³-hybridized carbons (Fsp3) is 0.667. The van der Waals surface area contributed by atoms with E-state index in [1.165, 1.54) is 12.8 Å². The average Bonchev–Trinajstić information content (AvgIpc) is 3.31. The zero-order valence-electron chi connectivity index (χ0n) is 14.4. The molecule has 5 nitrogen and oxygen atoms in total. The first kappa shape index (κ1) is 16.5. The molecule has 3 fully saturated rings. The van der Waals surface area contributed by atoms with Gasteiger partial charge in [-0.3, -0.25) is 9.80 Å². The Morgan fingerprint density at radius 3 is 2.00 bits per heavy atom. The molecule has 3 aliphatic rings. The van der Waals surface area contributed by atoms with Crippen LogP contribution in [0.2, 0.25) is 0 Å². The third kappa shape index (κ3) is 3.25. The van der Waals surface area contributed by atoms with Crippen molar-refractivity contribution in [3.05, 3.63) is 29.8 Å². The molecule has 0 bridgehead atoms. The van der Waals surface area contributed by atoms with E-state index in [2.05, 4.69) is 9.80 Å². The lowest BCUT2D eigenvalue weighted by molar-refractivity contribution is 0.0959. The van der Waals surface area contributed by atoms with Gasteiger partial charge in [-0.15, -0.1) is 0 Å². The molecule has 2 aliphatic heterocycles. The lowest BCUT2D eigenvalue weighted by Gasteiger charge is -2.38. The summed E-state index contributed by atoms with van der Waals surface area (Å²) in [5.41, 5.74) is 1.08. The molecule has 2 heterocycles. The van der Waals surface area contributed by atoms with Crippen LogP contribution in [0.15, 0.2) is 29.2 Å². The van der Waals surface area contributed by atoms with Crippen molar-refractivity contribution < 1.29 is 8.42 Å². The van der Waals surface area contributed by atoms with Gasteiger partial charge in [-0.05, 0) is 38.3 Å². The second kappa shape index (κ2) is 6.41. The Bertz CT molecular complexity index is 677. The van der Waals surface area contributed by atoms with Gasteiger partial charge in [0.15, 0.2) is 0 Å². The third-order valence-corrected chi connectivity index (χ3v) is 7.59. The SMILES string of the molecule is Cc1ccc(S(=O)(=O)N2CC[C@H](N3CCN(C4CC4)CC3)C2)cc1. The van der Waals surface area contributed by atoms with Crippen LogP contribution in [0.1, 0.15) is 24.8 Å². The molecule has 0 N–H and O–H groups in total. The Balaban J connectivity index is 1.38. The van der Waals surface area contributed by atoms with Gasteiger partial charge in [-0.1, -0.05) is 17.7 Å². The van der Waals surface area contributed by atoms with Crippen molar-refractivity contribution in [3.63, 3.8) is 0 Å². The van der Waals surface area contributed by atoms with Crippen LogP contribution in [-0.2, 0) is 10.0 Å². The van der Waals surface area contributed by atoms with Gasteiger partial charge in [0.25, 0.3) is 0 Å². The van der Waals surface area contributed by atoms with Crippen LogP contribution in [0.25, 0.3) is 0 Å². The van der Waals surface area contributed by atoms with Crippen molar-refractivity contribution in [2.24, 2.45) is 0 Å². The Kier molecular flexibility index (Phi) is 4.41. The number of aryl methyl sites for hydroxylation is 1. The van der Waals surface area contributed by atoms with Gasteiger partial charge in [0, 0.05) is 51.4 Å². The summed E-state index contributed by atoms with van der Waals surface area (Å²) >= 11 is 0. The molecule has 0 unspecified atom stereocenters. The molecule has 24 heavy (non-hydrogen) atoms. The Hall–Kier alpha value is -0.950. The molecule has 4 rings (SSSR count). The first-order valence-electron chi connectivity index (χ1n) is 9.09. The topological polar surface area (TPSA) is 43.9 Å². The van der Waals surface area contributed by atoms with Crippen LogP contribution in [0.3, 0.4) is 0 Å². The molecule has 1 aromatic carbocycles. The van der Waals surface area contributed by atoms with E-state index in [-0.39, 0.29) is 0 Å². The molecular formula is C18H27N3O2S.